The van der Waals surface area contributed by atoms with Gasteiger partial charge in [-0.25, -0.2) is 0 Å². The molecule has 0 aliphatic heterocycles. The molecule has 12 aromatic rings. The van der Waals surface area contributed by atoms with Crippen molar-refractivity contribution in [3.05, 3.63) is 371 Å². The second-order valence-electron chi connectivity index (χ2n) is 26.3. The number of nitrogens with one attached hydrogen (secondary N) is 2. The van der Waals surface area contributed by atoms with Crippen LogP contribution in [0, 0.1) is 5.41 Å². The zero-order valence-corrected chi connectivity index (χ0v) is 62.6. The molecule has 1 spiro atoms. The summed E-state index contributed by atoms with van der Waals surface area (Å²) in [6, 6.07) is 119. The van der Waals surface area contributed by atoms with Gasteiger partial charge >= 0.3 is 34.5 Å². The van der Waals surface area contributed by atoms with Gasteiger partial charge in [-0.15, -0.1) is 12.1 Å². The Bertz CT molecular complexity index is 3750. The van der Waals surface area contributed by atoms with E-state index in [-0.39, 0.29) is 32.6 Å². The van der Waals surface area contributed by atoms with Crippen molar-refractivity contribution in [1.29, 1.82) is 0 Å². The summed E-state index contributed by atoms with van der Waals surface area (Å²) in [5.41, 5.74) is 27.7. The van der Waals surface area contributed by atoms with Crippen LogP contribution < -0.4 is 63.7 Å². The molecule has 2 unspecified atom stereocenters. The van der Waals surface area contributed by atoms with Gasteiger partial charge in [-0.1, -0.05) is 299 Å². The first-order valence-corrected chi connectivity index (χ1v) is 45.0. The first-order valence-electron chi connectivity index (χ1n) is 34.9. The minimum absolute atomic E-state index is 0.0903. The van der Waals surface area contributed by atoms with E-state index < -0.39 is 31.7 Å². The minimum Gasteiger partial charge on any atom is -0.674 e. The molecule has 22 rings (SSSR count). The summed E-state index contributed by atoms with van der Waals surface area (Å²) >= 11 is -0.346. The Kier molecular flexibility index (Phi) is 24.8. The molecule has 2 fully saturated rings. The predicted octanol–water partition coefficient (Wildman–Crippen LogP) is 18.2. The van der Waals surface area contributed by atoms with Crippen LogP contribution in [0.4, 0.5) is 0 Å². The Balaban J connectivity index is 0.000000147. The normalized spacial score (nSPS) is 16.9. The molecule has 0 amide bonds. The molecule has 0 heterocycles. The Hall–Kier alpha value is -6.52. The van der Waals surface area contributed by atoms with E-state index in [1.165, 1.54) is 110 Å². The smallest absolute Gasteiger partial charge is 0.105 e. The Morgan fingerprint density at radius 1 is 0.306 bits per heavy atom. The molecule has 12 aromatic carbocycles. The topological polar surface area (TPSA) is 47.6 Å². The predicted molar refractivity (Wildman–Crippen MR) is 431 cm³/mol. The maximum absolute atomic E-state index is 7.89. The first-order chi connectivity index (χ1) is 48.3. The van der Waals surface area contributed by atoms with Gasteiger partial charge in [0, 0.05) is 0 Å². The number of halogens is 2. The second kappa shape index (κ2) is 34.7. The Labute approximate surface area is 603 Å². The van der Waals surface area contributed by atoms with E-state index in [1.807, 2.05) is 0 Å². The van der Waals surface area contributed by atoms with Crippen molar-refractivity contribution in [2.45, 2.75) is 102 Å². The van der Waals surface area contributed by atoms with E-state index in [4.69, 9.17) is 30.8 Å². The van der Waals surface area contributed by atoms with E-state index in [1.54, 1.807) is 10.6 Å². The van der Waals surface area contributed by atoms with Crippen LogP contribution in [0.2, 0.25) is 0 Å². The molecule has 2 N–H and O–H groups in total. The largest absolute Gasteiger partial charge is 0.674 e. The monoisotopic (exact) mass is 1480 g/mol. The average molecular weight is 1480 g/mol. The van der Waals surface area contributed by atoms with Gasteiger partial charge in [-0.2, -0.15) is 0 Å². The van der Waals surface area contributed by atoms with Crippen molar-refractivity contribution >= 4 is 115 Å². The third-order valence-electron chi connectivity index (χ3n) is 20.4. The van der Waals surface area contributed by atoms with Crippen LogP contribution in [0.1, 0.15) is 83.0 Å². The maximum Gasteiger partial charge on any atom is 0.105 e. The molecule has 9 heteroatoms. The van der Waals surface area contributed by atoms with Crippen molar-refractivity contribution in [3.63, 3.8) is 0 Å². The van der Waals surface area contributed by atoms with Crippen molar-refractivity contribution in [1.82, 2.24) is 0 Å². The summed E-state index contributed by atoms with van der Waals surface area (Å²) in [5.74, 6) is 0. The molecule has 2 nitrogen and oxygen atoms in total. The van der Waals surface area contributed by atoms with E-state index in [0.29, 0.717) is 0 Å². The molecule has 10 aliphatic rings. The van der Waals surface area contributed by atoms with Gasteiger partial charge in [0.2, 0.25) is 0 Å². The van der Waals surface area contributed by atoms with Gasteiger partial charge in [0.25, 0.3) is 0 Å². The van der Waals surface area contributed by atoms with Crippen molar-refractivity contribution in [3.8, 4) is 0 Å². The van der Waals surface area contributed by atoms with Gasteiger partial charge in [0.1, 0.15) is 31.8 Å². The van der Waals surface area contributed by atoms with Crippen LogP contribution >= 0.6 is 51.1 Å². The van der Waals surface area contributed by atoms with Crippen LogP contribution in [0.3, 0.4) is 0 Å². The SMILES string of the molecule is [Cl][Ru+2][Cl].[NH-]C1CCCC12CCCC2[NH-].c1ccc(P(c2ccccc2)c2cc3ccc2CCc2ccc(c(P(c4ccccc4)c4ccccc4)c2)CC3)cc1.c1ccc([PH+](c2ccccc2)c2cc3ccc2CCc2ccc(c([PH+](c4ccccc4)c4ccccc4)c2)CC3)cc1. The van der Waals surface area contributed by atoms with E-state index in [9.17, 15) is 0 Å². The fourth-order valence-electron chi connectivity index (χ4n) is 15.4. The third kappa shape index (κ3) is 16.9. The number of hydrogen-bond acceptors (Lipinski definition) is 0. The summed E-state index contributed by atoms with van der Waals surface area (Å²) in [4.78, 5) is 0. The molecule has 98 heavy (non-hydrogen) atoms. The molecule has 2 atom stereocenters. The van der Waals surface area contributed by atoms with Gasteiger partial charge in [0.05, 0.1) is 15.8 Å². The number of hydrogen-bond donors (Lipinski definition) is 0. The summed E-state index contributed by atoms with van der Waals surface area (Å²) in [6.45, 7) is 0. The quantitative estimate of drug-likeness (QED) is 0.0865. The fraction of sp³-hybridized carbons (Fsp3) is 0.191. The molecular formula is C89H86Cl2N2P4Ru+2. The van der Waals surface area contributed by atoms with Crippen LogP contribution in [-0.2, 0) is 66.5 Å². The molecule has 10 aliphatic carbocycles. The summed E-state index contributed by atoms with van der Waals surface area (Å²) in [7, 11) is 6.21. The maximum atomic E-state index is 7.89. The molecule has 2 saturated carbocycles. The molecule has 0 radical (unpaired) electrons. The molecular weight excluding hydrogens is 1390 g/mol. The second-order valence-corrected chi connectivity index (χ2v) is 38.2. The number of aryl methyl sites for hydroxylation is 8. The van der Waals surface area contributed by atoms with Crippen molar-refractivity contribution in [2.75, 3.05) is 0 Å². The number of benzene rings is 12. The summed E-state index contributed by atoms with van der Waals surface area (Å²) in [5, 5.41) is 17.7. The number of rotatable bonds is 12. The van der Waals surface area contributed by atoms with Crippen LogP contribution in [0.15, 0.2) is 315 Å². The van der Waals surface area contributed by atoms with Crippen LogP contribution in [0.25, 0.3) is 11.5 Å². The standard InChI is InChI=1S/2C40H34P2.C9H16N2.2ClH.Ru/c2*1-5-13-35(14-6-1)41(36-15-7-2-8-16-36)39-29-31-21-25-33(39)27-23-32-22-26-34(28-24-31)40(30-32)42(37-17-9-3-10-18-37)38-19-11-4-12-20-38;10-7-3-1-5-9(7)6-2-4-8(9)11;;;/h2*1-22,25-26,29-30H,23-24,27-28H2;7-8,10-11H,1-6H2;2*1H;/q;;-2;;;+4. The van der Waals surface area contributed by atoms with Crippen molar-refractivity contribution < 1.29 is 15.1 Å². The van der Waals surface area contributed by atoms with Crippen LogP contribution in [0.5, 0.6) is 0 Å². The fourth-order valence-corrected chi connectivity index (χ4v) is 26.3. The Morgan fingerprint density at radius 2 is 0.551 bits per heavy atom. The Morgan fingerprint density at radius 3 is 0.816 bits per heavy atom. The zero-order valence-electron chi connectivity index (χ0n) is 55.6. The van der Waals surface area contributed by atoms with Crippen molar-refractivity contribution in [2.24, 2.45) is 5.41 Å². The summed E-state index contributed by atoms with van der Waals surface area (Å²) < 4.78 is 0. The first kappa shape index (κ1) is 69.9. The van der Waals surface area contributed by atoms with E-state index in [0.717, 1.165) is 77.0 Å². The molecule has 492 valence electrons. The van der Waals surface area contributed by atoms with Crippen LogP contribution in [-0.4, -0.2) is 12.1 Å². The van der Waals surface area contributed by atoms with Gasteiger partial charge < -0.3 is 11.5 Å². The summed E-state index contributed by atoms with van der Waals surface area (Å²) in [6.07, 6.45) is 15.2. The molecule has 8 bridgehead atoms. The average Bonchev–Trinajstić information content (AvgIpc) is 1.59. The third-order valence-corrected chi connectivity index (χ3v) is 31.1. The van der Waals surface area contributed by atoms with E-state index >= 15 is 0 Å². The van der Waals surface area contributed by atoms with Gasteiger partial charge in [-0.3, -0.25) is 0 Å². The molecule has 0 aromatic heterocycles. The van der Waals surface area contributed by atoms with Gasteiger partial charge in [0.15, 0.2) is 0 Å². The van der Waals surface area contributed by atoms with Gasteiger partial charge in [-0.05, 0) is 204 Å². The molecule has 0 saturated heterocycles. The zero-order chi connectivity index (χ0) is 66.9. The minimum atomic E-state index is -1.12. The van der Waals surface area contributed by atoms with E-state index in [2.05, 4.69) is 315 Å².